The van der Waals surface area contributed by atoms with Gasteiger partial charge in [-0.25, -0.2) is 8.42 Å². The van der Waals surface area contributed by atoms with Crippen LogP contribution in [-0.4, -0.2) is 33.1 Å². The molecule has 2 aromatic rings. The smallest absolute Gasteiger partial charge is 0.251 e. The van der Waals surface area contributed by atoms with Crippen molar-refractivity contribution in [2.24, 2.45) is 5.73 Å². The number of nitrogens with one attached hydrogen (secondary N) is 1. The molecule has 2 amide bonds. The molecule has 0 atom stereocenters. The molecule has 1 aromatic heterocycles. The topological polar surface area (TPSA) is 116 Å². The Morgan fingerprint density at radius 2 is 1.83 bits per heavy atom. The van der Waals surface area contributed by atoms with Gasteiger partial charge in [-0.1, -0.05) is 6.42 Å². The largest absolute Gasteiger partial charge is 0.497 e. The first-order valence-corrected chi connectivity index (χ1v) is 11.9. The third kappa shape index (κ3) is 4.97. The number of methoxy groups -OCH3 is 1. The Morgan fingerprint density at radius 1 is 1.14 bits per heavy atom. The number of amides is 2. The van der Waals surface area contributed by atoms with Crippen molar-refractivity contribution in [3.8, 4) is 5.75 Å². The van der Waals surface area contributed by atoms with E-state index in [0.29, 0.717) is 16.3 Å². The minimum absolute atomic E-state index is 0.131. The van der Waals surface area contributed by atoms with Crippen molar-refractivity contribution in [1.29, 1.82) is 0 Å². The first kappa shape index (κ1) is 21.3. The monoisotopic (exact) mass is 436 g/mol. The molecule has 3 N–H and O–H groups in total. The molecule has 0 spiro atoms. The van der Waals surface area contributed by atoms with Crippen LogP contribution in [0.1, 0.15) is 46.5 Å². The predicted octanol–water partition coefficient (Wildman–Crippen LogP) is 2.93. The molecule has 0 bridgehead atoms. The number of benzene rings is 1. The van der Waals surface area contributed by atoms with Crippen LogP contribution in [0.2, 0.25) is 0 Å². The molecular formula is C20H24N2O5S2. The number of thiophene rings is 1. The van der Waals surface area contributed by atoms with E-state index in [0.717, 1.165) is 42.5 Å². The predicted molar refractivity (Wildman–Crippen MR) is 112 cm³/mol. The number of nitrogens with two attached hydrogens (primary N) is 1. The van der Waals surface area contributed by atoms with Crippen molar-refractivity contribution in [3.63, 3.8) is 0 Å². The Balaban J connectivity index is 1.70. The second kappa shape index (κ2) is 8.96. The van der Waals surface area contributed by atoms with Gasteiger partial charge < -0.3 is 15.8 Å². The normalized spacial score (nSPS) is 14.0. The van der Waals surface area contributed by atoms with Gasteiger partial charge in [0.2, 0.25) is 5.91 Å². The Hall–Kier alpha value is -2.39. The van der Waals surface area contributed by atoms with Crippen LogP contribution in [-0.2, 0) is 27.5 Å². The lowest BCUT2D eigenvalue weighted by Gasteiger charge is -2.08. The molecule has 0 aliphatic heterocycles. The van der Waals surface area contributed by atoms with Crippen LogP contribution in [0.5, 0.6) is 5.75 Å². The number of fused-ring (bicyclic) bond motifs is 1. The number of hydrogen-bond donors (Lipinski definition) is 2. The highest BCUT2D eigenvalue weighted by molar-refractivity contribution is 7.91. The molecule has 1 aliphatic rings. The molecule has 0 saturated heterocycles. The zero-order valence-electron chi connectivity index (χ0n) is 16.2. The molecule has 0 fully saturated rings. The SMILES string of the molecule is COc1ccc(S(=O)(=O)CCC(=O)Nc2sc3c(c2C(N)=O)CCCCC3)cc1. The lowest BCUT2D eigenvalue weighted by Crippen LogP contribution is -2.20. The minimum atomic E-state index is -3.61. The number of ether oxygens (including phenoxy) is 1. The van der Waals surface area contributed by atoms with Gasteiger partial charge in [0.15, 0.2) is 9.84 Å². The number of carbonyl (C=O) groups excluding carboxylic acids is 2. The van der Waals surface area contributed by atoms with E-state index in [1.165, 1.54) is 30.6 Å². The lowest BCUT2D eigenvalue weighted by atomic mass is 10.1. The molecule has 1 aliphatic carbocycles. The fourth-order valence-corrected chi connectivity index (χ4v) is 5.96. The van der Waals surface area contributed by atoms with Gasteiger partial charge in [0.1, 0.15) is 10.8 Å². The lowest BCUT2D eigenvalue weighted by molar-refractivity contribution is -0.115. The number of aryl methyl sites for hydroxylation is 1. The van der Waals surface area contributed by atoms with E-state index < -0.39 is 21.7 Å². The summed E-state index contributed by atoms with van der Waals surface area (Å²) in [5.41, 5.74) is 6.87. The summed E-state index contributed by atoms with van der Waals surface area (Å²) in [6.07, 6.45) is 4.55. The van der Waals surface area contributed by atoms with Crippen LogP contribution in [0.3, 0.4) is 0 Å². The van der Waals surface area contributed by atoms with Crippen molar-refractivity contribution in [1.82, 2.24) is 0 Å². The van der Waals surface area contributed by atoms with Crippen LogP contribution in [0.15, 0.2) is 29.2 Å². The third-order valence-electron chi connectivity index (χ3n) is 4.94. The quantitative estimate of drug-likeness (QED) is 0.648. The van der Waals surface area contributed by atoms with Gasteiger partial charge in [-0.3, -0.25) is 9.59 Å². The number of anilines is 1. The average Bonchev–Trinajstić information content (AvgIpc) is 2.87. The molecule has 1 heterocycles. The van der Waals surface area contributed by atoms with Crippen LogP contribution in [0.25, 0.3) is 0 Å². The third-order valence-corrected chi connectivity index (χ3v) is 7.88. The number of primary amides is 1. The molecule has 156 valence electrons. The fraction of sp³-hybridized carbons (Fsp3) is 0.400. The van der Waals surface area contributed by atoms with Crippen LogP contribution >= 0.6 is 11.3 Å². The van der Waals surface area contributed by atoms with Crippen molar-refractivity contribution in [3.05, 3.63) is 40.3 Å². The van der Waals surface area contributed by atoms with E-state index in [-0.39, 0.29) is 17.1 Å². The van der Waals surface area contributed by atoms with Gasteiger partial charge in [0, 0.05) is 11.3 Å². The standard InChI is InChI=1S/C20H24N2O5S2/c1-27-13-7-9-14(10-8-13)29(25,26)12-11-17(23)22-20-18(19(21)24)15-5-3-2-4-6-16(15)28-20/h7-10H,2-6,11-12H2,1H3,(H2,21,24)(H,22,23). The summed E-state index contributed by atoms with van der Waals surface area (Å²) in [6, 6.07) is 6.02. The maximum atomic E-state index is 12.5. The van der Waals surface area contributed by atoms with E-state index in [1.54, 1.807) is 12.1 Å². The first-order chi connectivity index (χ1) is 13.8. The summed E-state index contributed by atoms with van der Waals surface area (Å²) < 4.78 is 30.0. The van der Waals surface area contributed by atoms with Gasteiger partial charge in [0.05, 0.1) is 23.3 Å². The molecule has 9 heteroatoms. The summed E-state index contributed by atoms with van der Waals surface area (Å²) in [4.78, 5) is 25.6. The zero-order chi connectivity index (χ0) is 21.0. The summed E-state index contributed by atoms with van der Waals surface area (Å²) in [5.74, 6) is -0.799. The molecule has 0 radical (unpaired) electrons. The summed E-state index contributed by atoms with van der Waals surface area (Å²) >= 11 is 1.37. The second-order valence-electron chi connectivity index (χ2n) is 6.93. The maximum Gasteiger partial charge on any atom is 0.251 e. The van der Waals surface area contributed by atoms with E-state index in [1.807, 2.05) is 0 Å². The van der Waals surface area contributed by atoms with Crippen LogP contribution < -0.4 is 15.8 Å². The fourth-order valence-electron chi connectivity index (χ4n) is 3.41. The van der Waals surface area contributed by atoms with Crippen molar-refractivity contribution in [2.45, 2.75) is 43.4 Å². The molecular weight excluding hydrogens is 412 g/mol. The van der Waals surface area contributed by atoms with Gasteiger partial charge in [-0.2, -0.15) is 0 Å². The number of sulfone groups is 1. The van der Waals surface area contributed by atoms with E-state index >= 15 is 0 Å². The van der Waals surface area contributed by atoms with Crippen molar-refractivity contribution in [2.75, 3.05) is 18.2 Å². The van der Waals surface area contributed by atoms with Gasteiger partial charge in [-0.05, 0) is 55.5 Å². The average molecular weight is 437 g/mol. The molecule has 0 saturated carbocycles. The summed E-state index contributed by atoms with van der Waals surface area (Å²) in [7, 11) is -2.11. The highest BCUT2D eigenvalue weighted by Gasteiger charge is 2.25. The number of hydrogen-bond acceptors (Lipinski definition) is 6. The Bertz CT molecular complexity index is 1010. The second-order valence-corrected chi connectivity index (χ2v) is 10.1. The van der Waals surface area contributed by atoms with Crippen LogP contribution in [0.4, 0.5) is 5.00 Å². The minimum Gasteiger partial charge on any atom is -0.497 e. The van der Waals surface area contributed by atoms with Crippen LogP contribution in [0, 0.1) is 0 Å². The number of carbonyl (C=O) groups is 2. The van der Waals surface area contributed by atoms with Gasteiger partial charge in [0.25, 0.3) is 5.91 Å². The number of rotatable bonds is 7. The Kier molecular flexibility index (Phi) is 6.59. The van der Waals surface area contributed by atoms with E-state index in [2.05, 4.69) is 5.32 Å². The first-order valence-electron chi connectivity index (χ1n) is 9.43. The van der Waals surface area contributed by atoms with Crippen molar-refractivity contribution < 1.29 is 22.7 Å². The molecule has 7 nitrogen and oxygen atoms in total. The maximum absolute atomic E-state index is 12.5. The van der Waals surface area contributed by atoms with Crippen molar-refractivity contribution >= 4 is 38.0 Å². The molecule has 1 aromatic carbocycles. The highest BCUT2D eigenvalue weighted by Crippen LogP contribution is 2.37. The molecule has 29 heavy (non-hydrogen) atoms. The van der Waals surface area contributed by atoms with Gasteiger partial charge in [-0.15, -0.1) is 11.3 Å². The molecule has 0 unspecified atom stereocenters. The van der Waals surface area contributed by atoms with E-state index in [4.69, 9.17) is 10.5 Å². The zero-order valence-corrected chi connectivity index (χ0v) is 17.8. The Morgan fingerprint density at radius 3 is 2.48 bits per heavy atom. The summed E-state index contributed by atoms with van der Waals surface area (Å²) in [5, 5.41) is 3.13. The highest BCUT2D eigenvalue weighted by atomic mass is 32.2. The molecule has 3 rings (SSSR count). The Labute approximate surface area is 174 Å². The van der Waals surface area contributed by atoms with E-state index in [9.17, 15) is 18.0 Å². The van der Waals surface area contributed by atoms with Gasteiger partial charge >= 0.3 is 0 Å². The summed E-state index contributed by atoms with van der Waals surface area (Å²) in [6.45, 7) is 0.